The van der Waals surface area contributed by atoms with E-state index < -0.39 is 12.0 Å². The maximum atomic E-state index is 11.7. The van der Waals surface area contributed by atoms with Crippen LogP contribution in [0.2, 0.25) is 0 Å². The summed E-state index contributed by atoms with van der Waals surface area (Å²) >= 11 is 0. The molecular weight excluding hydrogens is 98.1 g/mol. The van der Waals surface area contributed by atoms with Crippen LogP contribution in [0, 0.1) is 0 Å². The molecule has 2 heteroatoms. The summed E-state index contributed by atoms with van der Waals surface area (Å²) in [5.41, 5.74) is 0. The molecule has 0 aromatic rings. The van der Waals surface area contributed by atoms with Crippen molar-refractivity contribution in [3.05, 3.63) is 11.9 Å². The molecule has 7 heavy (non-hydrogen) atoms. The lowest BCUT2D eigenvalue weighted by Crippen LogP contribution is -1.90. The van der Waals surface area contributed by atoms with Gasteiger partial charge in [-0.3, -0.25) is 0 Å². The second kappa shape index (κ2) is 2.72. The molecule has 0 nitrogen and oxygen atoms in total. The monoisotopic (exact) mass is 106 g/mol. The van der Waals surface area contributed by atoms with Gasteiger partial charge in [-0.25, -0.2) is 8.78 Å². The van der Waals surface area contributed by atoms with Gasteiger partial charge >= 0.3 is 0 Å². The van der Waals surface area contributed by atoms with Crippen molar-refractivity contribution < 1.29 is 8.78 Å². The summed E-state index contributed by atoms with van der Waals surface area (Å²) in [7, 11) is 0. The van der Waals surface area contributed by atoms with E-state index in [9.17, 15) is 8.78 Å². The Bertz CT molecular complexity index is 74.1. The number of hydrogen-bond donors (Lipinski definition) is 0. The minimum absolute atomic E-state index is 0.694. The lowest BCUT2D eigenvalue weighted by Gasteiger charge is -1.91. The van der Waals surface area contributed by atoms with Crippen LogP contribution in [-0.2, 0) is 0 Å². The molecule has 0 aliphatic carbocycles. The van der Waals surface area contributed by atoms with E-state index in [-0.39, 0.29) is 0 Å². The SMILES string of the molecule is CC=C(F)C(C)F. The van der Waals surface area contributed by atoms with E-state index >= 15 is 0 Å². The normalized spacial score (nSPS) is 16.9. The molecule has 0 rings (SSSR count). The van der Waals surface area contributed by atoms with Crippen LogP contribution < -0.4 is 0 Å². The second-order valence-corrected chi connectivity index (χ2v) is 1.29. The van der Waals surface area contributed by atoms with E-state index in [1.807, 2.05) is 0 Å². The first-order valence-electron chi connectivity index (χ1n) is 2.14. The van der Waals surface area contributed by atoms with E-state index in [0.29, 0.717) is 0 Å². The molecule has 1 unspecified atom stereocenters. The van der Waals surface area contributed by atoms with E-state index in [4.69, 9.17) is 0 Å². The van der Waals surface area contributed by atoms with Crippen LogP contribution in [0.25, 0.3) is 0 Å². The van der Waals surface area contributed by atoms with Gasteiger partial charge in [0.15, 0.2) is 0 Å². The molecule has 1 atom stereocenters. The van der Waals surface area contributed by atoms with Crippen LogP contribution in [-0.4, -0.2) is 6.17 Å². The highest BCUT2D eigenvalue weighted by Crippen LogP contribution is 2.05. The van der Waals surface area contributed by atoms with Crippen molar-refractivity contribution in [1.82, 2.24) is 0 Å². The topological polar surface area (TPSA) is 0 Å². The minimum Gasteiger partial charge on any atom is -0.240 e. The Morgan fingerprint density at radius 1 is 1.71 bits per heavy atom. The van der Waals surface area contributed by atoms with Gasteiger partial charge < -0.3 is 0 Å². The average molecular weight is 106 g/mol. The fourth-order valence-electron chi connectivity index (χ4n) is 0.230. The molecule has 0 amide bonds. The van der Waals surface area contributed by atoms with Crippen LogP contribution in [0.5, 0.6) is 0 Å². The number of allylic oxidation sites excluding steroid dienone is 2. The third-order valence-corrected chi connectivity index (χ3v) is 0.656. The molecule has 0 heterocycles. The highest BCUT2D eigenvalue weighted by molar-refractivity contribution is 4.93. The maximum Gasteiger partial charge on any atom is 0.148 e. The predicted octanol–water partition coefficient (Wildman–Crippen LogP) is 2.22. The first-order valence-corrected chi connectivity index (χ1v) is 2.14. The molecule has 0 saturated carbocycles. The lowest BCUT2D eigenvalue weighted by atomic mass is 10.4. The first kappa shape index (κ1) is 6.60. The third-order valence-electron chi connectivity index (χ3n) is 0.656. The molecule has 0 aliphatic rings. The Morgan fingerprint density at radius 2 is 2.14 bits per heavy atom. The van der Waals surface area contributed by atoms with Gasteiger partial charge in [-0.2, -0.15) is 0 Å². The highest BCUT2D eigenvalue weighted by atomic mass is 19.2. The zero-order valence-electron chi connectivity index (χ0n) is 4.41. The molecule has 0 radical (unpaired) electrons. The summed E-state index contributed by atoms with van der Waals surface area (Å²) in [6.45, 7) is 2.63. The smallest absolute Gasteiger partial charge is 0.148 e. The van der Waals surface area contributed by atoms with Crippen molar-refractivity contribution in [2.75, 3.05) is 0 Å². The zero-order valence-corrected chi connectivity index (χ0v) is 4.41. The Kier molecular flexibility index (Phi) is 2.56. The van der Waals surface area contributed by atoms with Gasteiger partial charge in [0, 0.05) is 0 Å². The molecular formula is C5H8F2. The average Bonchev–Trinajstić information content (AvgIpc) is 1.65. The van der Waals surface area contributed by atoms with Crippen molar-refractivity contribution >= 4 is 0 Å². The number of hydrogen-bond acceptors (Lipinski definition) is 0. The summed E-state index contributed by atoms with van der Waals surface area (Å²) < 4.78 is 23.4. The fourth-order valence-corrected chi connectivity index (χ4v) is 0.230. The van der Waals surface area contributed by atoms with Crippen LogP contribution in [0.3, 0.4) is 0 Å². The molecule has 42 valence electrons. The summed E-state index contributed by atoms with van der Waals surface area (Å²) in [5.74, 6) is -0.694. The van der Waals surface area contributed by atoms with Gasteiger partial charge in [-0.05, 0) is 13.8 Å². The Balaban J connectivity index is 3.56. The fraction of sp³-hybridized carbons (Fsp3) is 0.600. The first-order chi connectivity index (χ1) is 3.18. The number of halogens is 2. The summed E-state index contributed by atoms with van der Waals surface area (Å²) in [6, 6.07) is 0. The van der Waals surface area contributed by atoms with Crippen molar-refractivity contribution in [2.24, 2.45) is 0 Å². The van der Waals surface area contributed by atoms with E-state index in [0.717, 1.165) is 13.0 Å². The third kappa shape index (κ3) is 2.31. The van der Waals surface area contributed by atoms with Gasteiger partial charge in [-0.1, -0.05) is 6.08 Å². The van der Waals surface area contributed by atoms with Gasteiger partial charge in [0.25, 0.3) is 0 Å². The molecule has 0 spiro atoms. The molecule has 0 N–H and O–H groups in total. The molecule has 0 aromatic heterocycles. The summed E-state index contributed by atoms with van der Waals surface area (Å²) in [5, 5.41) is 0. The van der Waals surface area contributed by atoms with Crippen molar-refractivity contribution in [3.8, 4) is 0 Å². The highest BCUT2D eigenvalue weighted by Gasteiger charge is 2.00. The standard InChI is InChI=1S/C5H8F2/c1-3-5(7)4(2)6/h3-4H,1-2H3. The van der Waals surface area contributed by atoms with Gasteiger partial charge in [0.05, 0.1) is 0 Å². The quantitative estimate of drug-likeness (QED) is 0.480. The van der Waals surface area contributed by atoms with Crippen LogP contribution in [0.15, 0.2) is 11.9 Å². The van der Waals surface area contributed by atoms with Crippen LogP contribution >= 0.6 is 0 Å². The molecule has 0 saturated heterocycles. The molecule has 0 fully saturated rings. The minimum atomic E-state index is -1.44. The predicted molar refractivity (Wildman–Crippen MR) is 25.4 cm³/mol. The van der Waals surface area contributed by atoms with Crippen molar-refractivity contribution in [1.29, 1.82) is 0 Å². The zero-order chi connectivity index (χ0) is 5.86. The maximum absolute atomic E-state index is 11.7. The Labute approximate surface area is 41.8 Å². The Hall–Kier alpha value is -0.400. The van der Waals surface area contributed by atoms with Crippen molar-refractivity contribution in [2.45, 2.75) is 20.0 Å². The van der Waals surface area contributed by atoms with E-state index in [2.05, 4.69) is 0 Å². The molecule has 0 aliphatic heterocycles. The largest absolute Gasteiger partial charge is 0.240 e. The van der Waals surface area contributed by atoms with Gasteiger partial charge in [0.1, 0.15) is 12.0 Å². The van der Waals surface area contributed by atoms with Crippen molar-refractivity contribution in [3.63, 3.8) is 0 Å². The summed E-state index contributed by atoms with van der Waals surface area (Å²) in [4.78, 5) is 0. The van der Waals surface area contributed by atoms with E-state index in [1.165, 1.54) is 6.92 Å². The molecule has 0 aromatic carbocycles. The Morgan fingerprint density at radius 3 is 2.14 bits per heavy atom. The van der Waals surface area contributed by atoms with E-state index in [1.54, 1.807) is 0 Å². The van der Waals surface area contributed by atoms with Crippen LogP contribution in [0.1, 0.15) is 13.8 Å². The lowest BCUT2D eigenvalue weighted by molar-refractivity contribution is 0.349. The molecule has 0 bridgehead atoms. The number of alkyl halides is 1. The van der Waals surface area contributed by atoms with Gasteiger partial charge in [0.2, 0.25) is 0 Å². The summed E-state index contributed by atoms with van der Waals surface area (Å²) in [6.07, 6.45) is -0.324. The number of rotatable bonds is 1. The second-order valence-electron chi connectivity index (χ2n) is 1.29. The van der Waals surface area contributed by atoms with Gasteiger partial charge in [-0.15, -0.1) is 0 Å². The van der Waals surface area contributed by atoms with Crippen LogP contribution in [0.4, 0.5) is 8.78 Å².